The summed E-state index contributed by atoms with van der Waals surface area (Å²) in [5, 5.41) is 13.8. The number of aliphatic hydroxyl groups excluding tert-OH is 1. The zero-order chi connectivity index (χ0) is 22.4. The van der Waals surface area contributed by atoms with Crippen molar-refractivity contribution in [1.29, 1.82) is 0 Å². The fourth-order valence-electron chi connectivity index (χ4n) is 4.67. The first-order valence-corrected chi connectivity index (χ1v) is 9.90. The fourth-order valence-corrected chi connectivity index (χ4v) is 4.67. The molecule has 3 nitrogen and oxygen atoms in total. The number of rotatable bonds is 4. The third-order valence-electron chi connectivity index (χ3n) is 6.12. The number of fused-ring (bicyclic) bond motifs is 2. The number of piperidine rings is 1. The maximum absolute atomic E-state index is 13.1. The summed E-state index contributed by atoms with van der Waals surface area (Å²) in [5.74, 6) is 0. The molecule has 2 aromatic rings. The monoisotopic (exact) mass is 445 g/mol. The second-order valence-electron chi connectivity index (χ2n) is 8.15. The minimum absolute atomic E-state index is 0.106. The second kappa shape index (κ2) is 7.79. The summed E-state index contributed by atoms with van der Waals surface area (Å²) in [4.78, 5) is 0. The minimum Gasteiger partial charge on any atom is -0.391 e. The van der Waals surface area contributed by atoms with Crippen LogP contribution >= 0.6 is 0 Å². The molecule has 2 fully saturated rings. The van der Waals surface area contributed by atoms with E-state index in [2.05, 4.69) is 5.32 Å². The van der Waals surface area contributed by atoms with Crippen LogP contribution in [0.4, 0.5) is 26.3 Å². The van der Waals surface area contributed by atoms with Crippen molar-refractivity contribution in [1.82, 2.24) is 5.32 Å². The van der Waals surface area contributed by atoms with E-state index in [0.29, 0.717) is 31.4 Å². The van der Waals surface area contributed by atoms with E-state index in [1.807, 2.05) is 30.3 Å². The molecule has 0 aliphatic carbocycles. The molecule has 0 spiro atoms. The van der Waals surface area contributed by atoms with Crippen LogP contribution in [-0.4, -0.2) is 23.4 Å². The lowest BCUT2D eigenvalue weighted by Gasteiger charge is -2.42. The van der Waals surface area contributed by atoms with Gasteiger partial charge in [0, 0.05) is 6.04 Å². The van der Waals surface area contributed by atoms with Crippen molar-refractivity contribution in [2.45, 2.75) is 62.0 Å². The highest BCUT2D eigenvalue weighted by Crippen LogP contribution is 2.45. The van der Waals surface area contributed by atoms with E-state index >= 15 is 0 Å². The standard InChI is InChI=1S/C22H21F6NO2/c23-21(24,25)15-8-13(9-16(10-15)22(26,27)28)12-31-19-7-6-17-18(30)11-20(19,29-17)14-4-2-1-3-5-14/h1-5,8-10,17-19,29-30H,6-7,11-12H2. The number of nitrogens with one attached hydrogen (secondary N) is 1. The maximum Gasteiger partial charge on any atom is 0.416 e. The molecule has 4 rings (SSSR count). The second-order valence-corrected chi connectivity index (χ2v) is 8.15. The Labute approximate surface area is 175 Å². The maximum atomic E-state index is 13.1. The predicted octanol–water partition coefficient (Wildman–Crippen LogP) is 5.02. The third kappa shape index (κ3) is 4.31. The normalized spacial score (nSPS) is 28.7. The Morgan fingerprint density at radius 2 is 1.55 bits per heavy atom. The molecule has 2 N–H and O–H groups in total. The van der Waals surface area contributed by atoms with Gasteiger partial charge in [-0.05, 0) is 48.6 Å². The highest BCUT2D eigenvalue weighted by Gasteiger charge is 2.54. The molecule has 0 aromatic heterocycles. The Morgan fingerprint density at radius 3 is 2.13 bits per heavy atom. The SMILES string of the molecule is OC1CC2(c3ccccc3)NC1CCC2OCc1cc(C(F)(F)F)cc(C(F)(F)F)c1. The summed E-state index contributed by atoms with van der Waals surface area (Å²) >= 11 is 0. The predicted molar refractivity (Wildman–Crippen MR) is 99.9 cm³/mol. The van der Waals surface area contributed by atoms with Gasteiger partial charge in [0.25, 0.3) is 0 Å². The number of benzene rings is 2. The molecule has 4 unspecified atom stereocenters. The molecule has 2 aromatic carbocycles. The molecule has 2 heterocycles. The molecule has 31 heavy (non-hydrogen) atoms. The first kappa shape index (κ1) is 22.1. The van der Waals surface area contributed by atoms with E-state index in [1.165, 1.54) is 0 Å². The number of ether oxygens (including phenoxy) is 1. The Kier molecular flexibility index (Phi) is 5.56. The molecule has 168 valence electrons. The highest BCUT2D eigenvalue weighted by atomic mass is 19.4. The Morgan fingerprint density at radius 1 is 0.935 bits per heavy atom. The molecule has 0 saturated carbocycles. The molecule has 2 aliphatic heterocycles. The van der Waals surface area contributed by atoms with Crippen molar-refractivity contribution in [3.8, 4) is 0 Å². The lowest BCUT2D eigenvalue weighted by molar-refractivity contribution is -0.143. The van der Waals surface area contributed by atoms with Gasteiger partial charge < -0.3 is 9.84 Å². The summed E-state index contributed by atoms with van der Waals surface area (Å²) < 4.78 is 84.7. The van der Waals surface area contributed by atoms with Gasteiger partial charge in [-0.1, -0.05) is 30.3 Å². The number of hydrogen-bond donors (Lipinski definition) is 2. The van der Waals surface area contributed by atoms with E-state index in [4.69, 9.17) is 4.74 Å². The minimum atomic E-state index is -4.91. The van der Waals surface area contributed by atoms with Crippen LogP contribution in [0.2, 0.25) is 0 Å². The van der Waals surface area contributed by atoms with Crippen molar-refractivity contribution in [2.24, 2.45) is 0 Å². The van der Waals surface area contributed by atoms with Crippen molar-refractivity contribution < 1.29 is 36.2 Å². The van der Waals surface area contributed by atoms with Gasteiger partial charge >= 0.3 is 12.4 Å². The summed E-state index contributed by atoms with van der Waals surface area (Å²) in [6.07, 6.45) is -9.48. The highest BCUT2D eigenvalue weighted by molar-refractivity contribution is 5.34. The van der Waals surface area contributed by atoms with Crippen molar-refractivity contribution in [3.05, 3.63) is 70.8 Å². The quantitative estimate of drug-likeness (QED) is 0.650. The largest absolute Gasteiger partial charge is 0.416 e. The summed E-state index contributed by atoms with van der Waals surface area (Å²) in [6, 6.07) is 10.6. The smallest absolute Gasteiger partial charge is 0.391 e. The molecule has 2 saturated heterocycles. The Balaban J connectivity index is 1.62. The number of aliphatic hydroxyl groups is 1. The topological polar surface area (TPSA) is 41.5 Å². The zero-order valence-corrected chi connectivity index (χ0v) is 16.3. The number of hydrogen-bond acceptors (Lipinski definition) is 3. The van der Waals surface area contributed by atoms with Crippen LogP contribution < -0.4 is 5.32 Å². The van der Waals surface area contributed by atoms with E-state index in [9.17, 15) is 31.4 Å². The zero-order valence-electron chi connectivity index (χ0n) is 16.3. The number of alkyl halides is 6. The number of halogens is 6. The van der Waals surface area contributed by atoms with Crippen LogP contribution in [0, 0.1) is 0 Å². The van der Waals surface area contributed by atoms with Gasteiger partial charge in [-0.3, -0.25) is 5.32 Å². The summed E-state index contributed by atoms with van der Waals surface area (Å²) in [5.41, 5.74) is -2.82. The van der Waals surface area contributed by atoms with Crippen LogP contribution in [0.15, 0.2) is 48.5 Å². The molecule has 2 bridgehead atoms. The first-order chi connectivity index (χ1) is 14.5. The van der Waals surface area contributed by atoms with Gasteiger partial charge in [-0.25, -0.2) is 0 Å². The van der Waals surface area contributed by atoms with E-state index < -0.39 is 47.8 Å². The van der Waals surface area contributed by atoms with Crippen LogP contribution in [0.25, 0.3) is 0 Å². The van der Waals surface area contributed by atoms with Crippen molar-refractivity contribution >= 4 is 0 Å². The molecule has 0 radical (unpaired) electrons. The van der Waals surface area contributed by atoms with Gasteiger partial charge in [-0.2, -0.15) is 26.3 Å². The van der Waals surface area contributed by atoms with Crippen LogP contribution in [-0.2, 0) is 29.2 Å². The fraction of sp³-hybridized carbons (Fsp3) is 0.455. The van der Waals surface area contributed by atoms with Gasteiger partial charge in [0.1, 0.15) is 0 Å². The summed E-state index contributed by atoms with van der Waals surface area (Å²) in [6.45, 7) is -0.408. The molecule has 2 aliphatic rings. The molecular formula is C22H21F6NO2. The Bertz CT molecular complexity index is 894. The van der Waals surface area contributed by atoms with Crippen LogP contribution in [0.3, 0.4) is 0 Å². The van der Waals surface area contributed by atoms with Gasteiger partial charge in [-0.15, -0.1) is 0 Å². The van der Waals surface area contributed by atoms with Gasteiger partial charge in [0.15, 0.2) is 0 Å². The molecule has 0 amide bonds. The van der Waals surface area contributed by atoms with E-state index in [1.54, 1.807) is 0 Å². The Hall–Kier alpha value is -2.10. The van der Waals surface area contributed by atoms with E-state index in [0.717, 1.165) is 5.56 Å². The van der Waals surface area contributed by atoms with Crippen molar-refractivity contribution in [3.63, 3.8) is 0 Å². The molecule has 4 atom stereocenters. The van der Waals surface area contributed by atoms with Crippen LogP contribution in [0.5, 0.6) is 0 Å². The summed E-state index contributed by atoms with van der Waals surface area (Å²) in [7, 11) is 0. The average molecular weight is 445 g/mol. The lowest BCUT2D eigenvalue weighted by Crippen LogP contribution is -2.54. The molecule has 9 heteroatoms. The van der Waals surface area contributed by atoms with Crippen molar-refractivity contribution in [2.75, 3.05) is 0 Å². The lowest BCUT2D eigenvalue weighted by atomic mass is 9.80. The van der Waals surface area contributed by atoms with E-state index in [-0.39, 0.29) is 17.7 Å². The first-order valence-electron chi connectivity index (χ1n) is 9.90. The van der Waals surface area contributed by atoms with Gasteiger partial charge in [0.2, 0.25) is 0 Å². The van der Waals surface area contributed by atoms with Gasteiger partial charge in [0.05, 0.1) is 35.5 Å². The third-order valence-corrected chi connectivity index (χ3v) is 6.12. The van der Waals surface area contributed by atoms with Crippen LogP contribution in [0.1, 0.15) is 41.5 Å². The average Bonchev–Trinajstić information content (AvgIpc) is 2.98. The molecular weight excluding hydrogens is 424 g/mol.